The number of nitrogens with one attached hydrogen (secondary N) is 3. The van der Waals surface area contributed by atoms with Crippen LogP contribution >= 0.6 is 34.2 Å². The fraction of sp³-hybridized carbons (Fsp3) is 0.250. The van der Waals surface area contributed by atoms with Gasteiger partial charge in [-0.3, -0.25) is 4.79 Å². The van der Waals surface area contributed by atoms with Crippen LogP contribution in [0.15, 0.2) is 71.0 Å². The number of benzene rings is 3. The maximum Gasteiger partial charge on any atom is 0.338 e. The summed E-state index contributed by atoms with van der Waals surface area (Å²) in [5.41, 5.74) is 5.14. The third kappa shape index (κ3) is 8.81. The van der Waals surface area contributed by atoms with Crippen molar-refractivity contribution in [1.29, 1.82) is 0 Å². The zero-order valence-electron chi connectivity index (χ0n) is 25.4. The number of esters is 1. The number of hydrogen-bond acceptors (Lipinski definition) is 9. The maximum atomic E-state index is 12.6. The summed E-state index contributed by atoms with van der Waals surface area (Å²) in [6.07, 6.45) is 1.46. The molecule has 0 bridgehead atoms. The van der Waals surface area contributed by atoms with Crippen molar-refractivity contribution in [2.24, 2.45) is 5.10 Å². The van der Waals surface area contributed by atoms with Gasteiger partial charge in [0.1, 0.15) is 6.61 Å². The molecule has 0 saturated heterocycles. The predicted octanol–water partition coefficient (Wildman–Crippen LogP) is 5.26. The van der Waals surface area contributed by atoms with Crippen LogP contribution in [0.5, 0.6) is 23.0 Å². The molecule has 1 atom stereocenters. The Hall–Kier alpha value is -4.50. The molecule has 46 heavy (non-hydrogen) atoms. The van der Waals surface area contributed by atoms with E-state index in [1.807, 2.05) is 24.3 Å². The number of halogens is 2. The van der Waals surface area contributed by atoms with Gasteiger partial charge in [-0.2, -0.15) is 5.10 Å². The van der Waals surface area contributed by atoms with Gasteiger partial charge in [0.2, 0.25) is 0 Å². The van der Waals surface area contributed by atoms with E-state index < -0.39 is 23.9 Å². The lowest BCUT2D eigenvalue weighted by Gasteiger charge is -2.28. The van der Waals surface area contributed by atoms with Gasteiger partial charge in [-0.25, -0.2) is 15.0 Å². The van der Waals surface area contributed by atoms with E-state index in [-0.39, 0.29) is 36.9 Å². The lowest BCUT2D eigenvalue weighted by molar-refractivity contribution is -0.139. The summed E-state index contributed by atoms with van der Waals surface area (Å²) in [5.74, 6) is 0.435. The van der Waals surface area contributed by atoms with E-state index in [1.54, 1.807) is 51.3 Å². The number of amides is 3. The number of methoxy groups -OCH3 is 2. The molecule has 4 rings (SSSR count). The molecule has 0 spiro atoms. The summed E-state index contributed by atoms with van der Waals surface area (Å²) in [5, 5.41) is 10.0. The Balaban J connectivity index is 1.42. The second-order valence-corrected chi connectivity index (χ2v) is 11.4. The molecule has 0 aliphatic carbocycles. The average molecular weight is 763 g/mol. The van der Waals surface area contributed by atoms with Crippen LogP contribution in [0.4, 0.5) is 4.79 Å². The number of nitrogens with zero attached hydrogens (tertiary/aromatic N) is 1. The Morgan fingerprint density at radius 2 is 1.76 bits per heavy atom. The first-order chi connectivity index (χ1) is 22.1. The van der Waals surface area contributed by atoms with Crippen LogP contribution < -0.4 is 35.0 Å². The van der Waals surface area contributed by atoms with Crippen molar-refractivity contribution < 1.29 is 38.1 Å². The fourth-order valence-electron chi connectivity index (χ4n) is 4.48. The molecular formula is C32H32ClIN4O8. The normalized spacial score (nSPS) is 14.3. The Morgan fingerprint density at radius 1 is 1.02 bits per heavy atom. The molecule has 0 saturated carbocycles. The maximum absolute atomic E-state index is 12.6. The van der Waals surface area contributed by atoms with Crippen LogP contribution in [0, 0.1) is 3.57 Å². The molecule has 0 fully saturated rings. The molecule has 0 aromatic heterocycles. The van der Waals surface area contributed by atoms with E-state index in [1.165, 1.54) is 13.3 Å². The van der Waals surface area contributed by atoms with E-state index in [0.717, 1.165) is 9.13 Å². The SMILES string of the molecule is CCOC(=O)C1=C(C)NC(=O)N[C@@H]1c1ccc(OCC(=O)N/N=C/c2cc(I)cc(OC)c2OCc2ccc(Cl)cc2)c(OC)c1. The highest BCUT2D eigenvalue weighted by Gasteiger charge is 2.32. The highest BCUT2D eigenvalue weighted by molar-refractivity contribution is 14.1. The summed E-state index contributed by atoms with van der Waals surface area (Å²) >= 11 is 8.14. The largest absolute Gasteiger partial charge is 0.493 e. The van der Waals surface area contributed by atoms with Crippen LogP contribution in [0.2, 0.25) is 5.02 Å². The topological polar surface area (TPSA) is 146 Å². The number of allylic oxidation sites excluding steroid dienone is 1. The Labute approximate surface area is 284 Å². The van der Waals surface area contributed by atoms with E-state index in [0.29, 0.717) is 33.3 Å². The standard InChI is InChI=1S/C32H32ClIN4O8/c1-5-44-31(40)28-18(2)36-32(41)37-29(28)20-8-11-24(25(13-20)42-3)45-17-27(39)38-35-15-21-12-23(34)14-26(43-4)30(21)46-16-19-6-9-22(33)10-7-19/h6-15,29H,5,16-17H2,1-4H3,(H,38,39)(H2,36,37,41)/b35-15+/t29-/m1/s1. The zero-order chi connectivity index (χ0) is 33.2. The highest BCUT2D eigenvalue weighted by Crippen LogP contribution is 2.35. The number of hydrazone groups is 1. The van der Waals surface area contributed by atoms with Gasteiger partial charge in [-0.15, -0.1) is 0 Å². The molecule has 0 unspecified atom stereocenters. The number of hydrogen-bond donors (Lipinski definition) is 3. The monoisotopic (exact) mass is 762 g/mol. The van der Waals surface area contributed by atoms with Crippen molar-refractivity contribution in [2.45, 2.75) is 26.5 Å². The molecule has 242 valence electrons. The van der Waals surface area contributed by atoms with Crippen molar-refractivity contribution in [3.05, 3.63) is 91.2 Å². The van der Waals surface area contributed by atoms with E-state index in [9.17, 15) is 14.4 Å². The van der Waals surface area contributed by atoms with Crippen molar-refractivity contribution in [3.63, 3.8) is 0 Å². The van der Waals surface area contributed by atoms with Gasteiger partial charge in [0.15, 0.2) is 29.6 Å². The van der Waals surface area contributed by atoms with E-state index in [2.05, 4.69) is 43.8 Å². The van der Waals surface area contributed by atoms with E-state index >= 15 is 0 Å². The molecule has 14 heteroatoms. The molecule has 0 radical (unpaired) electrons. The Morgan fingerprint density at radius 3 is 2.46 bits per heavy atom. The van der Waals surface area contributed by atoms with Gasteiger partial charge in [0.25, 0.3) is 5.91 Å². The number of carbonyl (C=O) groups excluding carboxylic acids is 3. The fourth-order valence-corrected chi connectivity index (χ4v) is 5.23. The van der Waals surface area contributed by atoms with Crippen molar-refractivity contribution in [1.82, 2.24) is 16.1 Å². The summed E-state index contributed by atoms with van der Waals surface area (Å²) in [6, 6.07) is 14.6. The third-order valence-electron chi connectivity index (χ3n) is 6.60. The smallest absolute Gasteiger partial charge is 0.338 e. The molecule has 1 aliphatic heterocycles. The molecule has 3 amide bonds. The van der Waals surface area contributed by atoms with Crippen molar-refractivity contribution in [3.8, 4) is 23.0 Å². The van der Waals surface area contributed by atoms with Crippen LogP contribution in [0.1, 0.15) is 36.6 Å². The summed E-state index contributed by atoms with van der Waals surface area (Å²) in [7, 11) is 2.98. The second kappa shape index (κ2) is 16.2. The lowest BCUT2D eigenvalue weighted by atomic mass is 9.95. The number of ether oxygens (including phenoxy) is 5. The molecular weight excluding hydrogens is 731 g/mol. The molecule has 3 N–H and O–H groups in total. The summed E-state index contributed by atoms with van der Waals surface area (Å²) in [6.45, 7) is 3.39. The number of rotatable bonds is 13. The van der Waals surface area contributed by atoms with Crippen LogP contribution in [0.3, 0.4) is 0 Å². The highest BCUT2D eigenvalue weighted by atomic mass is 127. The van der Waals surface area contributed by atoms with Crippen molar-refractivity contribution in [2.75, 3.05) is 27.4 Å². The molecule has 3 aromatic rings. The molecule has 1 heterocycles. The van der Waals surface area contributed by atoms with Crippen LogP contribution in [-0.2, 0) is 20.9 Å². The van der Waals surface area contributed by atoms with Gasteiger partial charge in [-0.05, 0) is 84.0 Å². The first kappa shape index (κ1) is 34.4. The summed E-state index contributed by atoms with van der Waals surface area (Å²) in [4.78, 5) is 37.4. The van der Waals surface area contributed by atoms with Crippen LogP contribution in [0.25, 0.3) is 0 Å². The lowest BCUT2D eigenvalue weighted by Crippen LogP contribution is -2.45. The van der Waals surface area contributed by atoms with E-state index in [4.69, 9.17) is 35.3 Å². The first-order valence-electron chi connectivity index (χ1n) is 14.0. The first-order valence-corrected chi connectivity index (χ1v) is 15.4. The van der Waals surface area contributed by atoms with Gasteiger partial charge in [0, 0.05) is 19.9 Å². The van der Waals surface area contributed by atoms with Crippen LogP contribution in [-0.4, -0.2) is 51.6 Å². The number of urea groups is 1. The summed E-state index contributed by atoms with van der Waals surface area (Å²) < 4.78 is 28.8. The minimum absolute atomic E-state index is 0.177. The predicted molar refractivity (Wildman–Crippen MR) is 179 cm³/mol. The quantitative estimate of drug-likeness (QED) is 0.0926. The number of carbonyl (C=O) groups is 3. The molecule has 1 aliphatic rings. The van der Waals surface area contributed by atoms with Gasteiger partial charge in [0.05, 0.1) is 38.7 Å². The third-order valence-corrected chi connectivity index (χ3v) is 7.48. The van der Waals surface area contributed by atoms with Gasteiger partial charge >= 0.3 is 12.0 Å². The average Bonchev–Trinajstić information content (AvgIpc) is 3.03. The molecule has 12 nitrogen and oxygen atoms in total. The Bertz CT molecular complexity index is 1660. The van der Waals surface area contributed by atoms with Gasteiger partial charge < -0.3 is 34.3 Å². The van der Waals surface area contributed by atoms with Crippen molar-refractivity contribution >= 4 is 58.3 Å². The van der Waals surface area contributed by atoms with Gasteiger partial charge in [-0.1, -0.05) is 29.8 Å². The Kier molecular flexibility index (Phi) is 12.1. The second-order valence-electron chi connectivity index (χ2n) is 9.72. The zero-order valence-corrected chi connectivity index (χ0v) is 28.4. The molecule has 3 aromatic carbocycles. The minimum Gasteiger partial charge on any atom is -0.493 e. The minimum atomic E-state index is -0.784.